The van der Waals surface area contributed by atoms with Crippen LogP contribution in [0.2, 0.25) is 0 Å². The van der Waals surface area contributed by atoms with Crippen LogP contribution in [-0.4, -0.2) is 28.5 Å². The number of aromatic nitrogens is 2. The Labute approximate surface area is 161 Å². The van der Waals surface area contributed by atoms with E-state index in [1.54, 1.807) is 12.4 Å². The summed E-state index contributed by atoms with van der Waals surface area (Å²) in [6, 6.07) is 7.35. The van der Waals surface area contributed by atoms with E-state index >= 15 is 0 Å². The van der Waals surface area contributed by atoms with Gasteiger partial charge in [0.05, 0.1) is 15.9 Å². The van der Waals surface area contributed by atoms with Crippen molar-refractivity contribution in [1.29, 1.82) is 0 Å². The molecule has 3 aromatic rings. The number of carbonyl (C=O) groups excluding carboxylic acids is 2. The van der Waals surface area contributed by atoms with Gasteiger partial charge in [-0.15, -0.1) is 0 Å². The third-order valence-corrected chi connectivity index (χ3v) is 4.81. The molecule has 8 heteroatoms. The smallest absolute Gasteiger partial charge is 0.321 e. The maximum atomic E-state index is 12.2. The lowest BCUT2D eigenvalue weighted by atomic mass is 10.1. The first kappa shape index (κ1) is 18.8. The van der Waals surface area contributed by atoms with E-state index in [2.05, 4.69) is 25.9 Å². The normalized spacial score (nSPS) is 10.6. The van der Waals surface area contributed by atoms with Crippen LogP contribution in [0.25, 0.3) is 21.3 Å². The number of hydrogen-bond donors (Lipinski definition) is 3. The maximum absolute atomic E-state index is 12.2. The molecule has 7 nitrogen and oxygen atoms in total. The average Bonchev–Trinajstić information content (AvgIpc) is 3.05. The molecule has 27 heavy (non-hydrogen) atoms. The molecule has 0 aliphatic rings. The van der Waals surface area contributed by atoms with Gasteiger partial charge in [0.1, 0.15) is 0 Å². The van der Waals surface area contributed by atoms with Gasteiger partial charge in [-0.1, -0.05) is 24.3 Å². The minimum atomic E-state index is -0.305. The Morgan fingerprint density at radius 1 is 1.15 bits per heavy atom. The highest BCUT2D eigenvalue weighted by molar-refractivity contribution is 7.23. The second-order valence-corrected chi connectivity index (χ2v) is 6.91. The number of nitrogens with one attached hydrogen (secondary N) is 3. The lowest BCUT2D eigenvalue weighted by molar-refractivity contribution is -0.116. The molecule has 1 aromatic carbocycles. The summed E-state index contributed by atoms with van der Waals surface area (Å²) >= 11 is 1.33. The number of benzene rings is 1. The molecule has 2 aromatic heterocycles. The van der Waals surface area contributed by atoms with Gasteiger partial charge in [-0.2, -0.15) is 0 Å². The first-order chi connectivity index (χ1) is 13.1. The van der Waals surface area contributed by atoms with E-state index in [1.807, 2.05) is 38.1 Å². The second kappa shape index (κ2) is 8.59. The van der Waals surface area contributed by atoms with Crippen LogP contribution in [0.4, 0.5) is 15.6 Å². The van der Waals surface area contributed by atoms with Crippen molar-refractivity contribution < 1.29 is 9.59 Å². The fraction of sp³-hybridized carbons (Fsp3) is 0.263. The van der Waals surface area contributed by atoms with Crippen molar-refractivity contribution in [3.05, 3.63) is 36.7 Å². The van der Waals surface area contributed by atoms with Gasteiger partial charge >= 0.3 is 6.03 Å². The zero-order valence-corrected chi connectivity index (χ0v) is 16.0. The minimum absolute atomic E-state index is 0.0474. The summed E-state index contributed by atoms with van der Waals surface area (Å²) in [5.41, 5.74) is 3.22. The van der Waals surface area contributed by atoms with Gasteiger partial charge in [-0.05, 0) is 37.1 Å². The van der Waals surface area contributed by atoms with Crippen molar-refractivity contribution in [2.45, 2.75) is 26.7 Å². The molecule has 3 N–H and O–H groups in total. The fourth-order valence-corrected chi connectivity index (χ4v) is 3.53. The first-order valence-corrected chi connectivity index (χ1v) is 9.62. The van der Waals surface area contributed by atoms with E-state index in [-0.39, 0.29) is 11.9 Å². The van der Waals surface area contributed by atoms with Crippen molar-refractivity contribution in [1.82, 2.24) is 15.3 Å². The molecular formula is C19H21N5O2S. The minimum Gasteiger partial charge on any atom is -0.338 e. The van der Waals surface area contributed by atoms with Crippen molar-refractivity contribution in [3.63, 3.8) is 0 Å². The first-order valence-electron chi connectivity index (χ1n) is 8.80. The van der Waals surface area contributed by atoms with Gasteiger partial charge in [0.2, 0.25) is 5.91 Å². The largest absolute Gasteiger partial charge is 0.338 e. The summed E-state index contributed by atoms with van der Waals surface area (Å²) < 4.78 is 0.818. The topological polar surface area (TPSA) is 96.0 Å². The molecule has 0 atom stereocenters. The summed E-state index contributed by atoms with van der Waals surface area (Å²) in [7, 11) is 0. The number of carbonyl (C=O) groups is 2. The Morgan fingerprint density at radius 2 is 2.00 bits per heavy atom. The standard InChI is InChI=1S/C19H21N5O2S/c1-3-6-16(25)22-14-9-13(12-7-5-8-20-11-12)10-15-17(14)27-19(23-15)24-18(26)21-4-2/h5,7-11H,3-4,6H2,1-2H3,(H,22,25)(H2,21,23,24,26). The van der Waals surface area contributed by atoms with Crippen LogP contribution < -0.4 is 16.0 Å². The predicted molar refractivity (Wildman–Crippen MR) is 109 cm³/mol. The highest BCUT2D eigenvalue weighted by atomic mass is 32.1. The van der Waals surface area contributed by atoms with Crippen LogP contribution in [0.1, 0.15) is 26.7 Å². The van der Waals surface area contributed by atoms with Crippen LogP contribution in [-0.2, 0) is 4.79 Å². The number of thiazole rings is 1. The molecule has 0 aliphatic heterocycles. The van der Waals surface area contributed by atoms with Gasteiger partial charge in [0, 0.05) is 30.9 Å². The third-order valence-electron chi connectivity index (χ3n) is 3.79. The van der Waals surface area contributed by atoms with Gasteiger partial charge in [-0.25, -0.2) is 9.78 Å². The number of pyridine rings is 1. The van der Waals surface area contributed by atoms with E-state index in [0.29, 0.717) is 29.3 Å². The molecule has 0 unspecified atom stereocenters. The lowest BCUT2D eigenvalue weighted by Crippen LogP contribution is -2.28. The van der Waals surface area contributed by atoms with Crippen molar-refractivity contribution in [2.24, 2.45) is 0 Å². The Bertz CT molecular complexity index is 955. The van der Waals surface area contributed by atoms with Crippen molar-refractivity contribution >= 4 is 44.3 Å². The molecule has 0 aliphatic carbocycles. The van der Waals surface area contributed by atoms with E-state index < -0.39 is 0 Å². The molecule has 3 amide bonds. The predicted octanol–water partition coefficient (Wildman–Crippen LogP) is 4.24. The number of nitrogens with zero attached hydrogens (tertiary/aromatic N) is 2. The lowest BCUT2D eigenvalue weighted by Gasteiger charge is -2.08. The van der Waals surface area contributed by atoms with E-state index in [9.17, 15) is 9.59 Å². The van der Waals surface area contributed by atoms with Crippen LogP contribution in [0, 0.1) is 0 Å². The summed E-state index contributed by atoms with van der Waals surface area (Å²) in [4.78, 5) is 32.6. The number of rotatable bonds is 6. The van der Waals surface area contributed by atoms with Crippen LogP contribution >= 0.6 is 11.3 Å². The van der Waals surface area contributed by atoms with Gasteiger partial charge < -0.3 is 10.6 Å². The van der Waals surface area contributed by atoms with Crippen LogP contribution in [0.5, 0.6) is 0 Å². The molecule has 140 valence electrons. The molecule has 0 saturated carbocycles. The number of urea groups is 1. The number of amides is 3. The monoisotopic (exact) mass is 383 g/mol. The highest BCUT2D eigenvalue weighted by Gasteiger charge is 2.14. The molecule has 2 heterocycles. The van der Waals surface area contributed by atoms with Gasteiger partial charge in [-0.3, -0.25) is 15.1 Å². The zero-order valence-electron chi connectivity index (χ0n) is 15.2. The Balaban J connectivity index is 2.03. The number of hydrogen-bond acceptors (Lipinski definition) is 5. The fourth-order valence-electron chi connectivity index (χ4n) is 2.62. The van der Waals surface area contributed by atoms with Crippen LogP contribution in [0.15, 0.2) is 36.7 Å². The molecule has 3 rings (SSSR count). The van der Waals surface area contributed by atoms with Gasteiger partial charge in [0.15, 0.2) is 5.13 Å². The van der Waals surface area contributed by atoms with Crippen LogP contribution in [0.3, 0.4) is 0 Å². The molecule has 0 spiro atoms. The summed E-state index contributed by atoms with van der Waals surface area (Å²) in [6.07, 6.45) is 4.69. The Hall–Kier alpha value is -3.00. The highest BCUT2D eigenvalue weighted by Crippen LogP contribution is 2.36. The molecule has 0 saturated heterocycles. The van der Waals surface area contributed by atoms with Gasteiger partial charge in [0.25, 0.3) is 0 Å². The van der Waals surface area contributed by atoms with E-state index in [1.165, 1.54) is 11.3 Å². The van der Waals surface area contributed by atoms with Crippen molar-refractivity contribution in [2.75, 3.05) is 17.2 Å². The zero-order chi connectivity index (χ0) is 19.2. The summed E-state index contributed by atoms with van der Waals surface area (Å²) in [6.45, 7) is 4.34. The molecule has 0 radical (unpaired) electrons. The van der Waals surface area contributed by atoms with E-state index in [0.717, 1.165) is 22.2 Å². The van der Waals surface area contributed by atoms with E-state index in [4.69, 9.17) is 0 Å². The summed E-state index contributed by atoms with van der Waals surface area (Å²) in [5, 5.41) is 8.85. The Kier molecular flexibility index (Phi) is 5.97. The van der Waals surface area contributed by atoms with Crippen molar-refractivity contribution in [3.8, 4) is 11.1 Å². The molecule has 0 bridgehead atoms. The third kappa shape index (κ3) is 4.59. The molecular weight excluding hydrogens is 362 g/mol. The quantitative estimate of drug-likeness (QED) is 0.593. The molecule has 0 fully saturated rings. The second-order valence-electron chi connectivity index (χ2n) is 5.92. The average molecular weight is 383 g/mol. The summed E-state index contributed by atoms with van der Waals surface area (Å²) in [5.74, 6) is -0.0474. The number of anilines is 2. The SMILES string of the molecule is CCCC(=O)Nc1cc(-c2cccnc2)cc2nc(NC(=O)NCC)sc12. The maximum Gasteiger partial charge on any atom is 0.321 e. The number of fused-ring (bicyclic) bond motifs is 1. The Morgan fingerprint density at radius 3 is 2.70 bits per heavy atom.